The number of para-hydroxylation sites is 1. The van der Waals surface area contributed by atoms with Crippen molar-refractivity contribution in [2.45, 2.75) is 6.54 Å². The highest BCUT2D eigenvalue weighted by Gasteiger charge is 2.21. The molecule has 0 spiro atoms. The maximum absolute atomic E-state index is 6.37. The van der Waals surface area contributed by atoms with Crippen LogP contribution in [0.4, 0.5) is 11.5 Å². The lowest BCUT2D eigenvalue weighted by Crippen LogP contribution is -2.52. The van der Waals surface area contributed by atoms with Crippen molar-refractivity contribution in [1.82, 2.24) is 20.1 Å². The lowest BCUT2D eigenvalue weighted by atomic mass is 10.2. The number of piperazine rings is 2. The second kappa shape index (κ2) is 10.2. The van der Waals surface area contributed by atoms with Gasteiger partial charge in [0.1, 0.15) is 5.82 Å². The Bertz CT molecular complexity index is 870. The summed E-state index contributed by atoms with van der Waals surface area (Å²) >= 11 is 6.37. The number of aliphatic imine (C=N–C) groups is 1. The normalized spacial score (nSPS) is 18.4. The largest absolute Gasteiger partial charge is 0.367 e. The summed E-state index contributed by atoms with van der Waals surface area (Å²) in [5.41, 5.74) is 2.27. The number of guanidine groups is 1. The Kier molecular flexibility index (Phi) is 7.14. The van der Waals surface area contributed by atoms with Crippen molar-refractivity contribution >= 4 is 29.1 Å². The number of rotatable bonds is 4. The highest BCUT2D eigenvalue weighted by molar-refractivity contribution is 6.33. The Morgan fingerprint density at radius 1 is 0.968 bits per heavy atom. The van der Waals surface area contributed by atoms with Gasteiger partial charge in [0.2, 0.25) is 0 Å². The van der Waals surface area contributed by atoms with E-state index in [9.17, 15) is 0 Å². The number of nitrogens with one attached hydrogen (secondary N) is 1. The average Bonchev–Trinajstić information content (AvgIpc) is 2.81. The van der Waals surface area contributed by atoms with Crippen molar-refractivity contribution in [1.29, 1.82) is 0 Å². The molecule has 0 aliphatic carbocycles. The minimum absolute atomic E-state index is 0.716. The number of nitrogens with zero attached hydrogens (tertiary/aromatic N) is 6. The molecular weight excluding hydrogens is 410 g/mol. The summed E-state index contributed by atoms with van der Waals surface area (Å²) in [6.07, 6.45) is 1.98. The lowest BCUT2D eigenvalue weighted by molar-refractivity contribution is 0.312. The minimum atomic E-state index is 0.716. The molecule has 2 aromatic rings. The Labute approximate surface area is 190 Å². The van der Waals surface area contributed by atoms with Crippen LogP contribution >= 0.6 is 11.6 Å². The summed E-state index contributed by atoms with van der Waals surface area (Å²) in [5.74, 6) is 2.00. The molecule has 1 aromatic heterocycles. The maximum Gasteiger partial charge on any atom is 0.194 e. The zero-order valence-corrected chi connectivity index (χ0v) is 19.2. The smallest absolute Gasteiger partial charge is 0.194 e. The quantitative estimate of drug-likeness (QED) is 0.580. The highest BCUT2D eigenvalue weighted by atomic mass is 35.5. The molecule has 0 radical (unpaired) electrons. The van der Waals surface area contributed by atoms with Crippen LogP contribution in [0.25, 0.3) is 0 Å². The molecule has 3 heterocycles. The van der Waals surface area contributed by atoms with Gasteiger partial charge < -0.3 is 24.9 Å². The number of pyridine rings is 1. The van der Waals surface area contributed by atoms with Crippen LogP contribution in [-0.2, 0) is 6.54 Å². The van der Waals surface area contributed by atoms with Gasteiger partial charge in [-0.25, -0.2) is 4.98 Å². The van der Waals surface area contributed by atoms with Crippen LogP contribution in [-0.4, -0.2) is 87.2 Å². The molecule has 0 unspecified atom stereocenters. The minimum Gasteiger partial charge on any atom is -0.367 e. The topological polar surface area (TPSA) is 50.2 Å². The number of benzene rings is 1. The van der Waals surface area contributed by atoms with Crippen LogP contribution in [0.3, 0.4) is 0 Å². The fraction of sp³-hybridized carbons (Fsp3) is 0.478. The molecule has 1 aromatic carbocycles. The van der Waals surface area contributed by atoms with E-state index in [1.165, 1.54) is 0 Å². The van der Waals surface area contributed by atoms with Gasteiger partial charge in [-0.15, -0.1) is 0 Å². The van der Waals surface area contributed by atoms with Crippen LogP contribution in [0.2, 0.25) is 5.02 Å². The molecule has 2 saturated heterocycles. The van der Waals surface area contributed by atoms with Crippen molar-refractivity contribution in [2.24, 2.45) is 4.99 Å². The summed E-state index contributed by atoms with van der Waals surface area (Å²) in [6, 6.07) is 12.3. The van der Waals surface area contributed by atoms with Gasteiger partial charge in [-0.05, 0) is 30.8 Å². The van der Waals surface area contributed by atoms with E-state index < -0.39 is 0 Å². The highest BCUT2D eigenvalue weighted by Crippen LogP contribution is 2.26. The van der Waals surface area contributed by atoms with Gasteiger partial charge in [0.25, 0.3) is 0 Å². The van der Waals surface area contributed by atoms with Gasteiger partial charge >= 0.3 is 0 Å². The second-order valence-electron chi connectivity index (χ2n) is 8.14. The number of halogens is 1. The predicted octanol–water partition coefficient (Wildman–Crippen LogP) is 2.38. The van der Waals surface area contributed by atoms with E-state index in [-0.39, 0.29) is 0 Å². The average molecular weight is 442 g/mol. The lowest BCUT2D eigenvalue weighted by Gasteiger charge is -2.38. The molecule has 0 amide bonds. The SMILES string of the molecule is CN=C(NCc1ccc(N2CCN(C)CC2)nc1)N1CCN(c2ccccc2Cl)CC1. The van der Waals surface area contributed by atoms with Gasteiger partial charge in [0, 0.05) is 72.1 Å². The first-order valence-corrected chi connectivity index (χ1v) is 11.4. The van der Waals surface area contributed by atoms with Gasteiger partial charge in [-0.3, -0.25) is 4.99 Å². The number of anilines is 2. The summed E-state index contributed by atoms with van der Waals surface area (Å²) in [6.45, 7) is 8.62. The van der Waals surface area contributed by atoms with Crippen molar-refractivity contribution in [2.75, 3.05) is 76.3 Å². The summed E-state index contributed by atoms with van der Waals surface area (Å²) in [4.78, 5) is 18.5. The monoisotopic (exact) mass is 441 g/mol. The van der Waals surface area contributed by atoms with Gasteiger partial charge in [0.15, 0.2) is 5.96 Å². The number of hydrogen-bond donors (Lipinski definition) is 1. The van der Waals surface area contributed by atoms with E-state index in [4.69, 9.17) is 16.6 Å². The molecule has 2 aliphatic rings. The molecule has 2 fully saturated rings. The summed E-state index contributed by atoms with van der Waals surface area (Å²) in [5, 5.41) is 4.31. The first kappa shape index (κ1) is 21.7. The van der Waals surface area contributed by atoms with E-state index in [2.05, 4.69) is 55.2 Å². The van der Waals surface area contributed by atoms with Crippen LogP contribution in [0, 0.1) is 0 Å². The second-order valence-corrected chi connectivity index (χ2v) is 8.55. The molecule has 0 atom stereocenters. The standard InChI is InChI=1S/C23H32ClN7/c1-25-23(31-15-13-29(14-16-31)21-6-4-3-5-20(21)24)27-18-19-7-8-22(26-17-19)30-11-9-28(2)10-12-30/h3-8,17H,9-16,18H2,1-2H3,(H,25,27). The fourth-order valence-corrected chi connectivity index (χ4v) is 4.38. The number of hydrogen-bond acceptors (Lipinski definition) is 5. The van der Waals surface area contributed by atoms with Crippen molar-refractivity contribution in [3.05, 3.63) is 53.2 Å². The Morgan fingerprint density at radius 3 is 2.32 bits per heavy atom. The summed E-state index contributed by atoms with van der Waals surface area (Å²) in [7, 11) is 4.01. The fourth-order valence-electron chi connectivity index (χ4n) is 4.12. The Balaban J connectivity index is 1.28. The van der Waals surface area contributed by atoms with Crippen molar-refractivity contribution in [3.8, 4) is 0 Å². The molecule has 4 rings (SSSR count). The molecule has 0 bridgehead atoms. The third-order valence-electron chi connectivity index (χ3n) is 6.07. The number of likely N-dealkylation sites (N-methyl/N-ethyl adjacent to an activating group) is 1. The summed E-state index contributed by atoms with van der Waals surface area (Å²) < 4.78 is 0. The van der Waals surface area contributed by atoms with E-state index >= 15 is 0 Å². The number of aromatic nitrogens is 1. The van der Waals surface area contributed by atoms with E-state index in [0.29, 0.717) is 6.54 Å². The van der Waals surface area contributed by atoms with Crippen LogP contribution in [0.5, 0.6) is 0 Å². The molecular formula is C23H32ClN7. The first-order chi connectivity index (χ1) is 15.1. The Morgan fingerprint density at radius 2 is 1.68 bits per heavy atom. The maximum atomic E-state index is 6.37. The third kappa shape index (κ3) is 5.40. The molecule has 31 heavy (non-hydrogen) atoms. The van der Waals surface area contributed by atoms with Crippen LogP contribution < -0.4 is 15.1 Å². The zero-order valence-electron chi connectivity index (χ0n) is 18.5. The van der Waals surface area contributed by atoms with Gasteiger partial charge in [0.05, 0.1) is 10.7 Å². The molecule has 1 N–H and O–H groups in total. The van der Waals surface area contributed by atoms with Crippen molar-refractivity contribution in [3.63, 3.8) is 0 Å². The van der Waals surface area contributed by atoms with E-state index in [0.717, 1.165) is 80.4 Å². The Hall–Kier alpha value is -2.51. The van der Waals surface area contributed by atoms with E-state index in [1.807, 2.05) is 31.4 Å². The molecule has 166 valence electrons. The van der Waals surface area contributed by atoms with Crippen LogP contribution in [0.1, 0.15) is 5.56 Å². The predicted molar refractivity (Wildman–Crippen MR) is 129 cm³/mol. The van der Waals surface area contributed by atoms with E-state index in [1.54, 1.807) is 0 Å². The van der Waals surface area contributed by atoms with Gasteiger partial charge in [-0.2, -0.15) is 0 Å². The first-order valence-electron chi connectivity index (χ1n) is 11.0. The third-order valence-corrected chi connectivity index (χ3v) is 6.39. The molecule has 0 saturated carbocycles. The van der Waals surface area contributed by atoms with Crippen molar-refractivity contribution < 1.29 is 0 Å². The molecule has 8 heteroatoms. The van der Waals surface area contributed by atoms with Crippen LogP contribution in [0.15, 0.2) is 47.6 Å². The molecule has 2 aliphatic heterocycles. The zero-order chi connectivity index (χ0) is 21.6. The molecule has 7 nitrogen and oxygen atoms in total. The van der Waals surface area contributed by atoms with Gasteiger partial charge in [-0.1, -0.05) is 29.8 Å².